The summed E-state index contributed by atoms with van der Waals surface area (Å²) < 4.78 is 0. The zero-order chi connectivity index (χ0) is 12.5. The first-order chi connectivity index (χ1) is 8.27. The average Bonchev–Trinajstić information content (AvgIpc) is 2.81. The number of hydrogen-bond donors (Lipinski definition) is 0. The molecule has 2 nitrogen and oxygen atoms in total. The number of halogens is 1. The van der Waals surface area contributed by atoms with E-state index in [-0.39, 0.29) is 0 Å². The molecular formula is C13H20BrNOS. The van der Waals surface area contributed by atoms with Crippen LogP contribution in [0.3, 0.4) is 0 Å². The van der Waals surface area contributed by atoms with Crippen molar-refractivity contribution >= 4 is 33.2 Å². The van der Waals surface area contributed by atoms with Crippen molar-refractivity contribution in [2.45, 2.75) is 32.6 Å². The van der Waals surface area contributed by atoms with E-state index in [0.29, 0.717) is 12.3 Å². The van der Waals surface area contributed by atoms with Crippen LogP contribution in [-0.4, -0.2) is 29.2 Å². The molecule has 0 spiro atoms. The molecule has 1 amide bonds. The summed E-state index contributed by atoms with van der Waals surface area (Å²) in [6, 6.07) is 4.20. The fourth-order valence-corrected chi connectivity index (χ4v) is 2.94. The van der Waals surface area contributed by atoms with Gasteiger partial charge in [0.25, 0.3) is 0 Å². The monoisotopic (exact) mass is 317 g/mol. The highest BCUT2D eigenvalue weighted by molar-refractivity contribution is 9.09. The predicted molar refractivity (Wildman–Crippen MR) is 77.9 cm³/mol. The second-order valence-corrected chi connectivity index (χ2v) is 5.83. The van der Waals surface area contributed by atoms with Crippen LogP contribution in [0.15, 0.2) is 17.5 Å². The molecule has 4 heteroatoms. The van der Waals surface area contributed by atoms with Crippen LogP contribution in [-0.2, 0) is 11.2 Å². The smallest absolute Gasteiger partial charge is 0.222 e. The number of carbonyl (C=O) groups excluding carboxylic acids is 1. The lowest BCUT2D eigenvalue weighted by Crippen LogP contribution is -2.33. The van der Waals surface area contributed by atoms with Gasteiger partial charge >= 0.3 is 0 Å². The van der Waals surface area contributed by atoms with Crippen molar-refractivity contribution < 1.29 is 4.79 Å². The van der Waals surface area contributed by atoms with Gasteiger partial charge in [-0.25, -0.2) is 0 Å². The number of rotatable bonds is 8. The minimum atomic E-state index is 0.294. The van der Waals surface area contributed by atoms with Gasteiger partial charge in [0.15, 0.2) is 0 Å². The van der Waals surface area contributed by atoms with E-state index in [1.807, 2.05) is 4.90 Å². The lowest BCUT2D eigenvalue weighted by molar-refractivity contribution is -0.131. The number of nitrogens with zero attached hydrogens (tertiary/aromatic N) is 1. The maximum Gasteiger partial charge on any atom is 0.222 e. The molecule has 17 heavy (non-hydrogen) atoms. The number of alkyl halides is 1. The first kappa shape index (κ1) is 14.7. The maximum atomic E-state index is 12.0. The Morgan fingerprint density at radius 2 is 2.29 bits per heavy atom. The Balaban J connectivity index is 2.26. The van der Waals surface area contributed by atoms with Crippen LogP contribution in [0, 0.1) is 0 Å². The molecule has 0 saturated heterocycles. The van der Waals surface area contributed by atoms with E-state index >= 15 is 0 Å². The summed E-state index contributed by atoms with van der Waals surface area (Å²) in [7, 11) is 0. The van der Waals surface area contributed by atoms with Crippen molar-refractivity contribution in [1.29, 1.82) is 0 Å². The Hall–Kier alpha value is -0.350. The predicted octanol–water partition coefficient (Wildman–Crippen LogP) is 3.70. The molecule has 0 atom stereocenters. The average molecular weight is 318 g/mol. The maximum absolute atomic E-state index is 12.0. The van der Waals surface area contributed by atoms with Crippen LogP contribution in [0.1, 0.15) is 31.1 Å². The van der Waals surface area contributed by atoms with Crippen molar-refractivity contribution in [1.82, 2.24) is 4.90 Å². The first-order valence-electron chi connectivity index (χ1n) is 6.14. The number of hydrogen-bond acceptors (Lipinski definition) is 2. The normalized spacial score (nSPS) is 10.5. The van der Waals surface area contributed by atoms with Crippen LogP contribution in [0.4, 0.5) is 0 Å². The van der Waals surface area contributed by atoms with Gasteiger partial charge in [0.05, 0.1) is 0 Å². The van der Waals surface area contributed by atoms with E-state index in [0.717, 1.165) is 37.7 Å². The Morgan fingerprint density at radius 3 is 2.88 bits per heavy atom. The fourth-order valence-electron chi connectivity index (χ4n) is 1.76. The molecule has 1 aromatic rings. The van der Waals surface area contributed by atoms with Gasteiger partial charge in [0.1, 0.15) is 0 Å². The van der Waals surface area contributed by atoms with E-state index in [1.165, 1.54) is 4.88 Å². The van der Waals surface area contributed by atoms with Crippen LogP contribution >= 0.6 is 27.3 Å². The van der Waals surface area contributed by atoms with Crippen LogP contribution in [0.25, 0.3) is 0 Å². The summed E-state index contributed by atoms with van der Waals surface area (Å²) in [5.74, 6) is 0.294. The van der Waals surface area contributed by atoms with E-state index < -0.39 is 0 Å². The molecule has 0 radical (unpaired) electrons. The van der Waals surface area contributed by atoms with Crippen LogP contribution in [0.2, 0.25) is 0 Å². The third-order valence-electron chi connectivity index (χ3n) is 2.59. The molecule has 0 bridgehead atoms. The molecule has 0 aliphatic rings. The van der Waals surface area contributed by atoms with Crippen LogP contribution in [0.5, 0.6) is 0 Å². The van der Waals surface area contributed by atoms with E-state index in [2.05, 4.69) is 40.4 Å². The van der Waals surface area contributed by atoms with E-state index in [1.54, 1.807) is 11.3 Å². The summed E-state index contributed by atoms with van der Waals surface area (Å²) in [6.07, 6.45) is 3.69. The van der Waals surface area contributed by atoms with Gasteiger partial charge in [0, 0.05) is 29.7 Å². The highest BCUT2D eigenvalue weighted by atomic mass is 79.9. The van der Waals surface area contributed by atoms with Crippen molar-refractivity contribution in [3.8, 4) is 0 Å². The minimum absolute atomic E-state index is 0.294. The summed E-state index contributed by atoms with van der Waals surface area (Å²) in [4.78, 5) is 15.3. The van der Waals surface area contributed by atoms with Gasteiger partial charge in [-0.05, 0) is 30.7 Å². The van der Waals surface area contributed by atoms with E-state index in [4.69, 9.17) is 0 Å². The Morgan fingerprint density at radius 1 is 1.47 bits per heavy atom. The SMILES string of the molecule is CCCN(CCBr)C(=O)CCCc1cccs1. The third kappa shape index (κ3) is 5.68. The van der Waals surface area contributed by atoms with Crippen molar-refractivity contribution in [2.75, 3.05) is 18.4 Å². The Kier molecular flexibility index (Phi) is 7.53. The zero-order valence-electron chi connectivity index (χ0n) is 10.3. The molecule has 0 aliphatic carbocycles. The summed E-state index contributed by atoms with van der Waals surface area (Å²) >= 11 is 5.17. The summed E-state index contributed by atoms with van der Waals surface area (Å²) in [5, 5.41) is 2.95. The molecule has 1 heterocycles. The lowest BCUT2D eigenvalue weighted by atomic mass is 10.2. The third-order valence-corrected chi connectivity index (χ3v) is 3.89. The largest absolute Gasteiger partial charge is 0.342 e. The van der Waals surface area contributed by atoms with Gasteiger partial charge in [-0.15, -0.1) is 11.3 Å². The van der Waals surface area contributed by atoms with E-state index in [9.17, 15) is 4.79 Å². The van der Waals surface area contributed by atoms with Crippen molar-refractivity contribution in [3.05, 3.63) is 22.4 Å². The summed E-state index contributed by atoms with van der Waals surface area (Å²) in [6.45, 7) is 3.81. The zero-order valence-corrected chi connectivity index (χ0v) is 12.7. The van der Waals surface area contributed by atoms with Gasteiger partial charge in [-0.1, -0.05) is 28.9 Å². The molecule has 1 rings (SSSR count). The molecule has 0 unspecified atom stereocenters. The molecule has 0 fully saturated rings. The van der Waals surface area contributed by atoms with Gasteiger partial charge in [0.2, 0.25) is 5.91 Å². The standard InChI is InChI=1S/C13H20BrNOS/c1-2-9-15(10-8-14)13(16)7-3-5-12-6-4-11-17-12/h4,6,11H,2-3,5,7-10H2,1H3. The van der Waals surface area contributed by atoms with Crippen LogP contribution < -0.4 is 0 Å². The number of thiophene rings is 1. The molecule has 1 aromatic heterocycles. The second-order valence-electron chi connectivity index (χ2n) is 4.00. The molecule has 0 N–H and O–H groups in total. The van der Waals surface area contributed by atoms with Crippen molar-refractivity contribution in [2.24, 2.45) is 0 Å². The molecule has 96 valence electrons. The molecular weight excluding hydrogens is 298 g/mol. The first-order valence-corrected chi connectivity index (χ1v) is 8.14. The lowest BCUT2D eigenvalue weighted by Gasteiger charge is -2.20. The highest BCUT2D eigenvalue weighted by Gasteiger charge is 2.11. The second kappa shape index (κ2) is 8.70. The number of amides is 1. The molecule has 0 aliphatic heterocycles. The fraction of sp³-hybridized carbons (Fsp3) is 0.615. The van der Waals surface area contributed by atoms with Gasteiger partial charge in [-0.3, -0.25) is 4.79 Å². The van der Waals surface area contributed by atoms with Gasteiger partial charge < -0.3 is 4.90 Å². The van der Waals surface area contributed by atoms with Crippen molar-refractivity contribution in [3.63, 3.8) is 0 Å². The Bertz CT molecular complexity index is 307. The van der Waals surface area contributed by atoms with Gasteiger partial charge in [-0.2, -0.15) is 0 Å². The number of aryl methyl sites for hydroxylation is 1. The molecule has 0 saturated carbocycles. The quantitative estimate of drug-likeness (QED) is 0.669. The minimum Gasteiger partial charge on any atom is -0.342 e. The Labute approximate surface area is 116 Å². The highest BCUT2D eigenvalue weighted by Crippen LogP contribution is 2.12. The number of carbonyl (C=O) groups is 1. The molecule has 0 aromatic carbocycles. The summed E-state index contributed by atoms with van der Waals surface area (Å²) in [5.41, 5.74) is 0. The topological polar surface area (TPSA) is 20.3 Å².